The van der Waals surface area contributed by atoms with Gasteiger partial charge in [-0.15, -0.1) is 10.2 Å². The summed E-state index contributed by atoms with van der Waals surface area (Å²) in [6.45, 7) is 2.12. The molecule has 3 aromatic rings. The second-order valence-corrected chi connectivity index (χ2v) is 7.26. The first-order valence-electron chi connectivity index (χ1n) is 8.02. The van der Waals surface area contributed by atoms with Crippen molar-refractivity contribution in [2.24, 2.45) is 5.10 Å². The number of halogens is 1. The quantitative estimate of drug-likeness (QED) is 0.419. The van der Waals surface area contributed by atoms with Crippen molar-refractivity contribution < 1.29 is 0 Å². The zero-order chi connectivity index (χ0) is 17.5. The number of thioether (sulfide) groups is 1. The van der Waals surface area contributed by atoms with Gasteiger partial charge in [0.1, 0.15) is 0 Å². The number of pyridine rings is 1. The van der Waals surface area contributed by atoms with Crippen molar-refractivity contribution in [3.63, 3.8) is 0 Å². The third kappa shape index (κ3) is 4.99. The Morgan fingerprint density at radius 2 is 2.04 bits per heavy atom. The molecule has 5 nitrogen and oxygen atoms in total. The van der Waals surface area contributed by atoms with Crippen LogP contribution in [0, 0.1) is 0 Å². The van der Waals surface area contributed by atoms with Gasteiger partial charge >= 0.3 is 0 Å². The van der Waals surface area contributed by atoms with E-state index in [0.29, 0.717) is 0 Å². The Morgan fingerprint density at radius 3 is 2.76 bits per heavy atom. The van der Waals surface area contributed by atoms with Crippen molar-refractivity contribution in [3.05, 3.63) is 70.2 Å². The molecule has 25 heavy (non-hydrogen) atoms. The Labute approximate surface area is 159 Å². The van der Waals surface area contributed by atoms with E-state index in [9.17, 15) is 0 Å². The van der Waals surface area contributed by atoms with Crippen molar-refractivity contribution >= 4 is 33.9 Å². The molecule has 0 bridgehead atoms. The highest BCUT2D eigenvalue weighted by molar-refractivity contribution is 9.10. The van der Waals surface area contributed by atoms with Gasteiger partial charge in [-0.3, -0.25) is 4.98 Å². The summed E-state index contributed by atoms with van der Waals surface area (Å²) in [6.07, 6.45) is 7.16. The normalized spacial score (nSPS) is 11.3. The molecule has 0 spiro atoms. The first-order valence-corrected chi connectivity index (χ1v) is 9.80. The molecule has 0 saturated carbocycles. The van der Waals surface area contributed by atoms with E-state index >= 15 is 0 Å². The van der Waals surface area contributed by atoms with Crippen LogP contribution in [0.15, 0.2) is 63.5 Å². The second kappa shape index (κ2) is 8.92. The number of rotatable bonds is 7. The van der Waals surface area contributed by atoms with E-state index in [1.165, 1.54) is 5.56 Å². The lowest BCUT2D eigenvalue weighted by Crippen LogP contribution is -2.00. The molecule has 7 heteroatoms. The van der Waals surface area contributed by atoms with E-state index in [1.807, 2.05) is 28.9 Å². The van der Waals surface area contributed by atoms with Crippen molar-refractivity contribution in [3.8, 4) is 0 Å². The van der Waals surface area contributed by atoms with Gasteiger partial charge in [-0.25, -0.2) is 0 Å². The van der Waals surface area contributed by atoms with E-state index in [0.717, 1.165) is 39.6 Å². The summed E-state index contributed by atoms with van der Waals surface area (Å²) >= 11 is 5.09. The molecule has 0 aliphatic carbocycles. The topological polar surface area (TPSA) is 56.0 Å². The summed E-state index contributed by atoms with van der Waals surface area (Å²) in [4.78, 5) is 4.11. The van der Waals surface area contributed by atoms with Gasteiger partial charge in [0.2, 0.25) is 5.16 Å². The molecule has 128 valence electrons. The lowest BCUT2D eigenvalue weighted by molar-refractivity contribution is 0.700. The lowest BCUT2D eigenvalue weighted by atomic mass is 10.2. The fraction of sp³-hybridized carbons (Fsp3) is 0.222. The molecule has 0 N–H and O–H groups in total. The molecule has 0 amide bonds. The summed E-state index contributed by atoms with van der Waals surface area (Å²) < 4.78 is 2.91. The summed E-state index contributed by atoms with van der Waals surface area (Å²) in [6, 6.07) is 12.2. The molecule has 0 aliphatic rings. The number of aromatic nitrogens is 4. The zero-order valence-electron chi connectivity index (χ0n) is 13.8. The summed E-state index contributed by atoms with van der Waals surface area (Å²) in [5.41, 5.74) is 2.18. The van der Waals surface area contributed by atoms with Crippen LogP contribution in [0.25, 0.3) is 0 Å². The summed E-state index contributed by atoms with van der Waals surface area (Å²) in [5, 5.41) is 14.0. The minimum Gasteiger partial charge on any atom is -0.264 e. The first-order chi connectivity index (χ1) is 12.3. The number of nitrogens with zero attached hydrogens (tertiary/aromatic N) is 5. The second-order valence-electron chi connectivity index (χ2n) is 5.41. The SMILES string of the molecule is CCCc1nnc(SCc2ccc(Br)cc2)n1/N=C\c1cccnc1. The van der Waals surface area contributed by atoms with E-state index in [1.54, 1.807) is 30.4 Å². The smallest absolute Gasteiger partial charge is 0.212 e. The number of aryl methyl sites for hydroxylation is 1. The van der Waals surface area contributed by atoms with E-state index in [-0.39, 0.29) is 0 Å². The van der Waals surface area contributed by atoms with E-state index < -0.39 is 0 Å². The Bertz CT molecular complexity index is 830. The molecule has 1 aromatic carbocycles. The Hall–Kier alpha value is -1.99. The molecule has 0 saturated heterocycles. The predicted molar refractivity (Wildman–Crippen MR) is 105 cm³/mol. The Balaban J connectivity index is 1.78. The maximum absolute atomic E-state index is 4.58. The molecule has 0 fully saturated rings. The third-order valence-corrected chi connectivity index (χ3v) is 4.96. The van der Waals surface area contributed by atoms with Crippen LogP contribution in [0.2, 0.25) is 0 Å². The molecule has 2 aromatic heterocycles. The van der Waals surface area contributed by atoms with Gasteiger partial charge in [0.05, 0.1) is 6.21 Å². The fourth-order valence-electron chi connectivity index (χ4n) is 2.19. The minimum absolute atomic E-state index is 0.798. The third-order valence-electron chi connectivity index (χ3n) is 3.44. The van der Waals surface area contributed by atoms with Crippen molar-refractivity contribution in [2.45, 2.75) is 30.7 Å². The zero-order valence-corrected chi connectivity index (χ0v) is 16.2. The summed E-state index contributed by atoms with van der Waals surface area (Å²) in [7, 11) is 0. The molecular formula is C18H18BrN5S. The van der Waals surface area contributed by atoms with Crippen LogP contribution in [-0.4, -0.2) is 26.1 Å². The highest BCUT2D eigenvalue weighted by atomic mass is 79.9. The largest absolute Gasteiger partial charge is 0.264 e. The highest BCUT2D eigenvalue weighted by Crippen LogP contribution is 2.23. The van der Waals surface area contributed by atoms with Gasteiger partial charge < -0.3 is 0 Å². The molecule has 3 rings (SSSR count). The van der Waals surface area contributed by atoms with Crippen molar-refractivity contribution in [1.82, 2.24) is 19.9 Å². The maximum atomic E-state index is 4.58. The fourth-order valence-corrected chi connectivity index (χ4v) is 3.31. The Morgan fingerprint density at radius 1 is 1.20 bits per heavy atom. The standard InChI is InChI=1S/C18H18BrN5S/c1-2-4-17-22-23-18(25-13-14-6-8-16(19)9-7-14)24(17)21-12-15-5-3-10-20-11-15/h3,5-12H,2,4,13H2,1H3/b21-12-. The van der Waals surface area contributed by atoms with E-state index in [2.05, 4.69) is 55.3 Å². The number of benzene rings is 1. The molecular weight excluding hydrogens is 398 g/mol. The first kappa shape index (κ1) is 17.8. The van der Waals surface area contributed by atoms with Crippen LogP contribution in [0.4, 0.5) is 0 Å². The predicted octanol–water partition coefficient (Wildman–Crippen LogP) is 4.56. The van der Waals surface area contributed by atoms with Gasteiger partial charge in [0.25, 0.3) is 0 Å². The molecule has 2 heterocycles. The van der Waals surface area contributed by atoms with Crippen LogP contribution < -0.4 is 0 Å². The van der Waals surface area contributed by atoms with Crippen LogP contribution in [-0.2, 0) is 12.2 Å². The van der Waals surface area contributed by atoms with Gasteiger partial charge in [-0.05, 0) is 30.2 Å². The molecule has 0 radical (unpaired) electrons. The molecule has 0 unspecified atom stereocenters. The number of hydrogen-bond donors (Lipinski definition) is 0. The Kier molecular flexibility index (Phi) is 6.36. The monoisotopic (exact) mass is 415 g/mol. The van der Waals surface area contributed by atoms with Crippen LogP contribution in [0.3, 0.4) is 0 Å². The van der Waals surface area contributed by atoms with Crippen LogP contribution in [0.5, 0.6) is 0 Å². The average Bonchev–Trinajstić information content (AvgIpc) is 3.02. The average molecular weight is 416 g/mol. The highest BCUT2D eigenvalue weighted by Gasteiger charge is 2.11. The summed E-state index contributed by atoms with van der Waals surface area (Å²) in [5.74, 6) is 1.70. The van der Waals surface area contributed by atoms with Gasteiger partial charge in [0.15, 0.2) is 5.82 Å². The molecule has 0 atom stereocenters. The van der Waals surface area contributed by atoms with Crippen LogP contribution in [0.1, 0.15) is 30.3 Å². The van der Waals surface area contributed by atoms with Crippen molar-refractivity contribution in [1.29, 1.82) is 0 Å². The van der Waals surface area contributed by atoms with Gasteiger partial charge in [-0.1, -0.05) is 52.8 Å². The maximum Gasteiger partial charge on any atom is 0.212 e. The molecule has 0 aliphatic heterocycles. The van der Waals surface area contributed by atoms with E-state index in [4.69, 9.17) is 0 Å². The van der Waals surface area contributed by atoms with Crippen molar-refractivity contribution in [2.75, 3.05) is 0 Å². The minimum atomic E-state index is 0.798. The number of hydrogen-bond acceptors (Lipinski definition) is 5. The van der Waals surface area contributed by atoms with Crippen LogP contribution >= 0.6 is 27.7 Å². The lowest BCUT2D eigenvalue weighted by Gasteiger charge is -2.04. The van der Waals surface area contributed by atoms with Gasteiger partial charge in [0, 0.05) is 34.6 Å². The van der Waals surface area contributed by atoms with Gasteiger partial charge in [-0.2, -0.15) is 9.78 Å².